The van der Waals surface area contributed by atoms with Crippen LogP contribution < -0.4 is 0 Å². The monoisotopic (exact) mass is 405 g/mol. The van der Waals surface area contributed by atoms with Crippen LogP contribution in [-0.4, -0.2) is 45.2 Å². The summed E-state index contributed by atoms with van der Waals surface area (Å²) in [4.78, 5) is 14.6. The van der Waals surface area contributed by atoms with Gasteiger partial charge in [-0.15, -0.1) is 0 Å². The molecular formula is C22H33BFNO4. The van der Waals surface area contributed by atoms with E-state index in [1.54, 1.807) is 13.0 Å². The summed E-state index contributed by atoms with van der Waals surface area (Å²) in [5.41, 5.74) is 0.968. The lowest BCUT2D eigenvalue weighted by Crippen LogP contribution is -2.46. The molecule has 5 nitrogen and oxygen atoms in total. The van der Waals surface area contributed by atoms with E-state index >= 15 is 0 Å². The number of hydrogen-bond donors (Lipinski definition) is 3. The van der Waals surface area contributed by atoms with E-state index in [4.69, 9.17) is 10.0 Å². The maximum Gasteiger partial charge on any atom is 0.451 e. The maximum absolute atomic E-state index is 14.9. The van der Waals surface area contributed by atoms with Gasteiger partial charge in [-0.1, -0.05) is 18.9 Å². The average molecular weight is 405 g/mol. The fourth-order valence-electron chi connectivity index (χ4n) is 5.17. The van der Waals surface area contributed by atoms with Crippen LogP contribution in [0.25, 0.3) is 0 Å². The molecule has 160 valence electrons. The van der Waals surface area contributed by atoms with Crippen LogP contribution in [0.15, 0.2) is 12.1 Å². The number of piperidine rings is 1. The zero-order valence-electron chi connectivity index (χ0n) is 17.7. The van der Waals surface area contributed by atoms with Gasteiger partial charge in [0.2, 0.25) is 0 Å². The van der Waals surface area contributed by atoms with Gasteiger partial charge in [0.05, 0.1) is 5.41 Å². The maximum atomic E-state index is 14.9. The van der Waals surface area contributed by atoms with Crippen molar-refractivity contribution in [2.75, 3.05) is 6.54 Å². The predicted octanol–water partition coefficient (Wildman–Crippen LogP) is 3.36. The molecule has 2 atom stereocenters. The average Bonchev–Trinajstić information content (AvgIpc) is 2.89. The molecule has 1 aromatic carbocycles. The van der Waals surface area contributed by atoms with Gasteiger partial charge < -0.3 is 15.2 Å². The molecule has 0 bridgehead atoms. The number of halogens is 1. The fourth-order valence-corrected chi connectivity index (χ4v) is 5.17. The number of carboxylic acids is 1. The molecule has 3 N–H and O–H groups in total. The Kier molecular flexibility index (Phi) is 6.42. The van der Waals surface area contributed by atoms with Gasteiger partial charge in [0, 0.05) is 17.6 Å². The van der Waals surface area contributed by atoms with Crippen LogP contribution in [0.4, 0.5) is 4.39 Å². The summed E-state index contributed by atoms with van der Waals surface area (Å²) >= 11 is 0. The van der Waals surface area contributed by atoms with Crippen LogP contribution in [0, 0.1) is 11.7 Å². The highest BCUT2D eigenvalue weighted by Crippen LogP contribution is 2.47. The summed E-state index contributed by atoms with van der Waals surface area (Å²) in [6.45, 7) is 7.51. The first-order valence-electron chi connectivity index (χ1n) is 10.7. The third-order valence-corrected chi connectivity index (χ3v) is 7.26. The van der Waals surface area contributed by atoms with Crippen molar-refractivity contribution >= 4 is 13.1 Å². The van der Waals surface area contributed by atoms with Crippen LogP contribution in [0.5, 0.6) is 0 Å². The largest absolute Gasteiger partial charge is 0.481 e. The minimum atomic E-state index is -1.38. The molecule has 3 rings (SSSR count). The van der Waals surface area contributed by atoms with Crippen molar-refractivity contribution in [1.82, 2.24) is 4.90 Å². The normalized spacial score (nSPS) is 26.3. The second-order valence-electron chi connectivity index (χ2n) is 9.61. The lowest BCUT2D eigenvalue weighted by atomic mass is 9.72. The Morgan fingerprint density at radius 1 is 1.28 bits per heavy atom. The minimum Gasteiger partial charge on any atom is -0.481 e. The summed E-state index contributed by atoms with van der Waals surface area (Å²) in [6.07, 6.45) is 5.16. The number of hydrogen-bond acceptors (Lipinski definition) is 4. The first-order valence-corrected chi connectivity index (χ1v) is 10.7. The van der Waals surface area contributed by atoms with Gasteiger partial charge in [0.25, 0.3) is 0 Å². The number of fused-ring (bicyclic) bond motifs is 1. The van der Waals surface area contributed by atoms with Crippen LogP contribution in [0.3, 0.4) is 0 Å². The smallest absolute Gasteiger partial charge is 0.451 e. The zero-order valence-corrected chi connectivity index (χ0v) is 17.7. The highest BCUT2D eigenvalue weighted by molar-refractivity contribution is 6.40. The number of aliphatic carboxylic acids is 1. The summed E-state index contributed by atoms with van der Waals surface area (Å²) in [5.74, 6) is -1.35. The molecule has 1 fully saturated rings. The Hall–Kier alpha value is -1.44. The molecule has 0 amide bonds. The van der Waals surface area contributed by atoms with Gasteiger partial charge in [-0.05, 0) is 82.4 Å². The zero-order chi connectivity index (χ0) is 21.4. The van der Waals surface area contributed by atoms with Gasteiger partial charge in [0.1, 0.15) is 5.82 Å². The van der Waals surface area contributed by atoms with Gasteiger partial charge in [-0.3, -0.25) is 9.69 Å². The molecule has 0 saturated carbocycles. The van der Waals surface area contributed by atoms with Gasteiger partial charge in [-0.2, -0.15) is 0 Å². The molecule has 2 aliphatic rings. The first-order chi connectivity index (χ1) is 13.6. The third-order valence-electron chi connectivity index (χ3n) is 7.26. The van der Waals surface area contributed by atoms with E-state index in [0.717, 1.165) is 24.9 Å². The topological polar surface area (TPSA) is 81.0 Å². The second kappa shape index (κ2) is 8.36. The van der Waals surface area contributed by atoms with Crippen molar-refractivity contribution in [2.24, 2.45) is 5.92 Å². The molecular weight excluding hydrogens is 372 g/mol. The number of carbonyl (C=O) groups is 1. The molecule has 0 aromatic heterocycles. The Morgan fingerprint density at radius 3 is 2.62 bits per heavy atom. The van der Waals surface area contributed by atoms with Crippen LogP contribution >= 0.6 is 0 Å². The van der Waals surface area contributed by atoms with Crippen LogP contribution in [-0.2, 0) is 23.2 Å². The second-order valence-corrected chi connectivity index (χ2v) is 9.61. The van der Waals surface area contributed by atoms with Gasteiger partial charge >= 0.3 is 13.1 Å². The summed E-state index contributed by atoms with van der Waals surface area (Å²) in [5, 5.41) is 28.2. The molecule has 1 aliphatic heterocycles. The van der Waals surface area contributed by atoms with Crippen molar-refractivity contribution < 1.29 is 24.3 Å². The number of carboxylic acid groups (broad SMARTS) is 1. The summed E-state index contributed by atoms with van der Waals surface area (Å²) in [7, 11) is -1.38. The van der Waals surface area contributed by atoms with Crippen molar-refractivity contribution in [3.63, 3.8) is 0 Å². The van der Waals surface area contributed by atoms with Crippen molar-refractivity contribution in [3.05, 3.63) is 34.6 Å². The summed E-state index contributed by atoms with van der Waals surface area (Å²) < 4.78 is 14.9. The van der Waals surface area contributed by atoms with Crippen LogP contribution in [0.2, 0.25) is 6.32 Å². The van der Waals surface area contributed by atoms with Crippen molar-refractivity contribution in [1.29, 1.82) is 0 Å². The Bertz CT molecular complexity index is 769. The molecule has 1 saturated heterocycles. The van der Waals surface area contributed by atoms with E-state index in [1.807, 2.05) is 0 Å². The van der Waals surface area contributed by atoms with Gasteiger partial charge in [0.15, 0.2) is 0 Å². The van der Waals surface area contributed by atoms with Crippen molar-refractivity contribution in [2.45, 2.75) is 83.1 Å². The molecule has 1 heterocycles. The minimum absolute atomic E-state index is 0.00741. The highest BCUT2D eigenvalue weighted by atomic mass is 19.1. The molecule has 0 spiro atoms. The fraction of sp³-hybridized carbons (Fsp3) is 0.682. The van der Waals surface area contributed by atoms with E-state index in [9.17, 15) is 14.3 Å². The molecule has 7 heteroatoms. The Labute approximate surface area is 173 Å². The molecule has 1 aliphatic carbocycles. The Morgan fingerprint density at radius 2 is 2.00 bits per heavy atom. The lowest BCUT2D eigenvalue weighted by molar-refractivity contribution is -0.145. The standard InChI is InChI=1S/C22H33BFNO4/c1-21(2)8-4-5-10-25(21)14-16-12-18-15(13-19(16)24)11-17(7-6-9-23(28)29)22(18,3)20(26)27/h12-13,17,28-29H,4-11,14H2,1-3H3,(H,26,27)/t17-,22-/m0/s1. The molecule has 1 aromatic rings. The number of nitrogens with zero attached hydrogens (tertiary/aromatic N) is 1. The quantitative estimate of drug-likeness (QED) is 0.607. The van der Waals surface area contributed by atoms with E-state index in [0.29, 0.717) is 36.9 Å². The van der Waals surface area contributed by atoms with E-state index in [2.05, 4.69) is 18.7 Å². The number of likely N-dealkylation sites (tertiary alicyclic amines) is 1. The SMILES string of the molecule is CC1(C)CCCCN1Cc1cc2c(cc1F)C[C@H](CCCB(O)O)[C@]2(C)C(=O)O. The molecule has 29 heavy (non-hydrogen) atoms. The molecule has 0 unspecified atom stereocenters. The van der Waals surface area contributed by atoms with E-state index in [-0.39, 0.29) is 23.6 Å². The van der Waals surface area contributed by atoms with Crippen LogP contribution in [0.1, 0.15) is 69.6 Å². The third kappa shape index (κ3) is 4.37. The predicted molar refractivity (Wildman–Crippen MR) is 111 cm³/mol. The number of benzene rings is 1. The van der Waals surface area contributed by atoms with Crippen molar-refractivity contribution in [3.8, 4) is 0 Å². The number of rotatable bonds is 7. The summed E-state index contributed by atoms with van der Waals surface area (Å²) in [6, 6.07) is 3.31. The first kappa shape index (κ1) is 22.3. The molecule has 0 radical (unpaired) electrons. The van der Waals surface area contributed by atoms with E-state index in [1.165, 1.54) is 12.5 Å². The van der Waals surface area contributed by atoms with E-state index < -0.39 is 18.5 Å². The van der Waals surface area contributed by atoms with Gasteiger partial charge in [-0.25, -0.2) is 4.39 Å². The highest BCUT2D eigenvalue weighted by Gasteiger charge is 2.49. The lowest BCUT2D eigenvalue weighted by Gasteiger charge is -2.42. The Balaban J connectivity index is 1.88.